The Labute approximate surface area is 134 Å². The minimum absolute atomic E-state index is 0.0289. The molecule has 0 atom stereocenters. The lowest BCUT2D eigenvalue weighted by molar-refractivity contribution is 0.0587. The summed E-state index contributed by atoms with van der Waals surface area (Å²) in [6.07, 6.45) is 3.02. The quantitative estimate of drug-likeness (QED) is 0.444. The molecule has 6 nitrogen and oxygen atoms in total. The van der Waals surface area contributed by atoms with Gasteiger partial charge in [-0.25, -0.2) is 4.79 Å². The third kappa shape index (κ3) is 4.60. The summed E-state index contributed by atoms with van der Waals surface area (Å²) in [7, 11) is 1.31. The van der Waals surface area contributed by atoms with Crippen LogP contribution in [0.25, 0.3) is 0 Å². The molecule has 122 valence electrons. The monoisotopic (exact) mass is 317 g/mol. The molecule has 0 bridgehead atoms. The summed E-state index contributed by atoms with van der Waals surface area (Å²) in [4.78, 5) is 16.7. The fourth-order valence-corrected chi connectivity index (χ4v) is 1.88. The first kappa shape index (κ1) is 16.6. The largest absolute Gasteiger partial charge is 0.490 e. The normalized spacial score (nSPS) is 11.0. The lowest BCUT2D eigenvalue weighted by atomic mass is 10.2. The Balaban J connectivity index is 1.98. The van der Waals surface area contributed by atoms with E-state index in [1.807, 2.05) is 38.1 Å². The maximum atomic E-state index is 11.5. The molecule has 0 N–H and O–H groups in total. The van der Waals surface area contributed by atoms with Crippen LogP contribution in [0.1, 0.15) is 35.5 Å². The molecule has 0 fully saturated rings. The molecular formula is C17H19NO5. The van der Waals surface area contributed by atoms with E-state index in [-0.39, 0.29) is 12.7 Å². The van der Waals surface area contributed by atoms with E-state index in [1.165, 1.54) is 19.4 Å². The average molecular weight is 317 g/mol. The van der Waals surface area contributed by atoms with Crippen LogP contribution in [0, 0.1) is 0 Å². The fraction of sp³-hybridized carbons (Fsp3) is 0.294. The molecule has 1 heterocycles. The standard InChI is InChI=1S/C17H19NO5/c1-12(2)23-15-7-5-4-6-13(15)10-18-22-11-16-14(8-9-21-16)17(19)20-3/h4-10,12H,11H2,1-3H3/b18-10+. The van der Waals surface area contributed by atoms with Crippen molar-refractivity contribution in [2.24, 2.45) is 5.16 Å². The highest BCUT2D eigenvalue weighted by atomic mass is 16.6. The number of carbonyl (C=O) groups excluding carboxylic acids is 1. The number of para-hydroxylation sites is 1. The molecule has 6 heteroatoms. The van der Waals surface area contributed by atoms with Gasteiger partial charge in [0.25, 0.3) is 0 Å². The minimum atomic E-state index is -0.475. The summed E-state index contributed by atoms with van der Waals surface area (Å²) in [5.41, 5.74) is 1.13. The second-order valence-corrected chi connectivity index (χ2v) is 4.96. The Kier molecular flexibility index (Phi) is 5.80. The van der Waals surface area contributed by atoms with Crippen LogP contribution in [0.15, 0.2) is 46.2 Å². The number of methoxy groups -OCH3 is 1. The lowest BCUT2D eigenvalue weighted by Gasteiger charge is -2.11. The van der Waals surface area contributed by atoms with Gasteiger partial charge in [0.1, 0.15) is 11.3 Å². The molecule has 0 radical (unpaired) electrons. The van der Waals surface area contributed by atoms with Gasteiger partial charge < -0.3 is 18.7 Å². The van der Waals surface area contributed by atoms with E-state index >= 15 is 0 Å². The Morgan fingerprint density at radius 2 is 2.09 bits per heavy atom. The highest BCUT2D eigenvalue weighted by molar-refractivity contribution is 5.90. The van der Waals surface area contributed by atoms with Crippen LogP contribution in [-0.4, -0.2) is 25.4 Å². The number of esters is 1. The zero-order valence-corrected chi connectivity index (χ0v) is 13.3. The van der Waals surface area contributed by atoms with Gasteiger partial charge in [-0.05, 0) is 32.0 Å². The van der Waals surface area contributed by atoms with Crippen molar-refractivity contribution < 1.29 is 23.5 Å². The molecule has 0 aliphatic rings. The van der Waals surface area contributed by atoms with Crippen molar-refractivity contribution in [1.82, 2.24) is 0 Å². The first-order chi connectivity index (χ1) is 11.1. The summed E-state index contributed by atoms with van der Waals surface area (Å²) >= 11 is 0. The van der Waals surface area contributed by atoms with E-state index in [9.17, 15) is 4.79 Å². The first-order valence-electron chi connectivity index (χ1n) is 7.17. The summed E-state index contributed by atoms with van der Waals surface area (Å²) in [5, 5.41) is 3.89. The number of ether oxygens (including phenoxy) is 2. The first-order valence-corrected chi connectivity index (χ1v) is 7.17. The molecule has 2 rings (SSSR count). The molecule has 0 spiro atoms. The molecule has 2 aromatic rings. The smallest absolute Gasteiger partial charge is 0.341 e. The summed E-state index contributed by atoms with van der Waals surface area (Å²) in [5.74, 6) is 0.612. The molecular weight excluding hydrogens is 298 g/mol. The highest BCUT2D eigenvalue weighted by Gasteiger charge is 2.15. The number of carbonyl (C=O) groups is 1. The van der Waals surface area contributed by atoms with Crippen LogP contribution in [0.3, 0.4) is 0 Å². The Bertz CT molecular complexity index is 675. The molecule has 0 aliphatic carbocycles. The third-order valence-electron chi connectivity index (χ3n) is 2.89. The van der Waals surface area contributed by atoms with E-state index in [2.05, 4.69) is 9.89 Å². The van der Waals surface area contributed by atoms with Gasteiger partial charge in [-0.2, -0.15) is 0 Å². The van der Waals surface area contributed by atoms with Crippen molar-refractivity contribution in [3.8, 4) is 5.75 Å². The zero-order chi connectivity index (χ0) is 16.7. The van der Waals surface area contributed by atoms with Crippen molar-refractivity contribution in [3.05, 3.63) is 53.5 Å². The van der Waals surface area contributed by atoms with E-state index in [1.54, 1.807) is 6.21 Å². The number of oxime groups is 1. The molecule has 0 aliphatic heterocycles. The predicted octanol–water partition coefficient (Wildman–Crippen LogP) is 3.40. The second kappa shape index (κ2) is 8.03. The fourth-order valence-electron chi connectivity index (χ4n) is 1.88. The van der Waals surface area contributed by atoms with Gasteiger partial charge in [-0.15, -0.1) is 0 Å². The van der Waals surface area contributed by atoms with Crippen LogP contribution in [-0.2, 0) is 16.2 Å². The van der Waals surface area contributed by atoms with Crippen molar-refractivity contribution >= 4 is 12.2 Å². The third-order valence-corrected chi connectivity index (χ3v) is 2.89. The van der Waals surface area contributed by atoms with Gasteiger partial charge in [-0.1, -0.05) is 17.3 Å². The molecule has 0 amide bonds. The summed E-state index contributed by atoms with van der Waals surface area (Å²) < 4.78 is 15.5. The highest BCUT2D eigenvalue weighted by Crippen LogP contribution is 2.18. The van der Waals surface area contributed by atoms with Crippen LogP contribution in [0.4, 0.5) is 0 Å². The molecule has 0 saturated heterocycles. The van der Waals surface area contributed by atoms with Crippen LogP contribution < -0.4 is 4.74 Å². The topological polar surface area (TPSA) is 70.3 Å². The summed E-state index contributed by atoms with van der Waals surface area (Å²) in [6.45, 7) is 3.94. The van der Waals surface area contributed by atoms with Crippen molar-refractivity contribution in [1.29, 1.82) is 0 Å². The molecule has 0 saturated carbocycles. The van der Waals surface area contributed by atoms with Gasteiger partial charge >= 0.3 is 5.97 Å². The van der Waals surface area contributed by atoms with Crippen molar-refractivity contribution in [2.75, 3.05) is 7.11 Å². The second-order valence-electron chi connectivity index (χ2n) is 4.96. The molecule has 0 unspecified atom stereocenters. The van der Waals surface area contributed by atoms with E-state index in [4.69, 9.17) is 14.0 Å². The van der Waals surface area contributed by atoms with Crippen molar-refractivity contribution in [3.63, 3.8) is 0 Å². The Morgan fingerprint density at radius 3 is 2.83 bits per heavy atom. The van der Waals surface area contributed by atoms with Gasteiger partial charge in [0.2, 0.25) is 0 Å². The maximum absolute atomic E-state index is 11.5. The molecule has 1 aromatic carbocycles. The van der Waals surface area contributed by atoms with E-state index < -0.39 is 5.97 Å². The maximum Gasteiger partial charge on any atom is 0.341 e. The van der Waals surface area contributed by atoms with Crippen LogP contribution >= 0.6 is 0 Å². The number of rotatable bonds is 7. The molecule has 1 aromatic heterocycles. The number of furan rings is 1. The predicted molar refractivity (Wildman–Crippen MR) is 84.6 cm³/mol. The Hall–Kier alpha value is -2.76. The SMILES string of the molecule is COC(=O)c1ccoc1CO/N=C/c1ccccc1OC(C)C. The average Bonchev–Trinajstić information content (AvgIpc) is 3.00. The lowest BCUT2D eigenvalue weighted by Crippen LogP contribution is -2.07. The van der Waals surface area contributed by atoms with Gasteiger partial charge in [0.15, 0.2) is 12.4 Å². The van der Waals surface area contributed by atoms with Gasteiger partial charge in [-0.3, -0.25) is 0 Å². The summed E-state index contributed by atoms with van der Waals surface area (Å²) in [6, 6.07) is 9.04. The number of hydrogen-bond acceptors (Lipinski definition) is 6. The number of hydrogen-bond donors (Lipinski definition) is 0. The van der Waals surface area contributed by atoms with Gasteiger partial charge in [0.05, 0.1) is 25.7 Å². The Morgan fingerprint density at radius 1 is 1.30 bits per heavy atom. The number of nitrogens with zero attached hydrogens (tertiary/aromatic N) is 1. The van der Waals surface area contributed by atoms with Crippen LogP contribution in [0.2, 0.25) is 0 Å². The zero-order valence-electron chi connectivity index (χ0n) is 13.3. The molecule has 23 heavy (non-hydrogen) atoms. The van der Waals surface area contributed by atoms with Crippen LogP contribution in [0.5, 0.6) is 5.75 Å². The van der Waals surface area contributed by atoms with E-state index in [0.29, 0.717) is 11.3 Å². The van der Waals surface area contributed by atoms with E-state index in [0.717, 1.165) is 11.3 Å². The number of benzene rings is 1. The minimum Gasteiger partial charge on any atom is -0.490 e. The van der Waals surface area contributed by atoms with Crippen molar-refractivity contribution in [2.45, 2.75) is 26.6 Å². The van der Waals surface area contributed by atoms with Gasteiger partial charge in [0, 0.05) is 5.56 Å².